The Morgan fingerprint density at radius 2 is 1.81 bits per heavy atom. The van der Waals surface area contributed by atoms with Crippen LogP contribution in [-0.2, 0) is 15.9 Å². The minimum Gasteiger partial charge on any atom is -0.347 e. The molecule has 0 bridgehead atoms. The van der Waals surface area contributed by atoms with E-state index < -0.39 is 0 Å². The summed E-state index contributed by atoms with van der Waals surface area (Å²) >= 11 is 1.75. The summed E-state index contributed by atoms with van der Waals surface area (Å²) in [4.78, 5) is 6.99. The van der Waals surface area contributed by atoms with Gasteiger partial charge in [-0.1, -0.05) is 45.6 Å². The number of hydrogen-bond donors (Lipinski definition) is 0. The Morgan fingerprint density at radius 1 is 1.00 bits per heavy atom. The Bertz CT molecular complexity index is 644. The number of pyridine rings is 1. The molecule has 0 spiro atoms. The van der Waals surface area contributed by atoms with Crippen molar-refractivity contribution in [3.05, 3.63) is 41.0 Å². The third kappa shape index (κ3) is 5.38. The van der Waals surface area contributed by atoms with Gasteiger partial charge in [0, 0.05) is 28.2 Å². The van der Waals surface area contributed by atoms with Crippen LogP contribution in [0.1, 0.15) is 69.2 Å². The lowest BCUT2D eigenvalue weighted by Gasteiger charge is -2.28. The van der Waals surface area contributed by atoms with Crippen LogP contribution in [0.15, 0.2) is 30.5 Å². The van der Waals surface area contributed by atoms with Crippen molar-refractivity contribution in [2.24, 2.45) is 5.92 Å². The molecular formula is C22H31NO2S. The van der Waals surface area contributed by atoms with Gasteiger partial charge in [-0.3, -0.25) is 4.98 Å². The number of ether oxygens (including phenoxy) is 2. The molecule has 0 amide bonds. The van der Waals surface area contributed by atoms with E-state index in [9.17, 15) is 0 Å². The Balaban J connectivity index is 1.53. The van der Waals surface area contributed by atoms with Gasteiger partial charge in [-0.2, -0.15) is 0 Å². The van der Waals surface area contributed by atoms with Crippen molar-refractivity contribution in [3.63, 3.8) is 0 Å². The number of hydrogen-bond acceptors (Lipinski definition) is 4. The molecule has 2 aromatic rings. The predicted molar refractivity (Wildman–Crippen MR) is 108 cm³/mol. The molecule has 26 heavy (non-hydrogen) atoms. The summed E-state index contributed by atoms with van der Waals surface area (Å²) in [5.74, 6) is 0.553. The predicted octanol–water partition coefficient (Wildman–Crippen LogP) is 6.39. The average Bonchev–Trinajstić information content (AvgIpc) is 3.18. The third-order valence-corrected chi connectivity index (χ3v) is 6.09. The summed E-state index contributed by atoms with van der Waals surface area (Å²) < 4.78 is 12.0. The minimum atomic E-state index is -0.201. The zero-order valence-corrected chi connectivity index (χ0v) is 16.9. The first-order valence-electron chi connectivity index (χ1n) is 10.1. The fourth-order valence-corrected chi connectivity index (χ4v) is 4.26. The zero-order chi connectivity index (χ0) is 18.2. The fourth-order valence-electron chi connectivity index (χ4n) is 3.27. The molecule has 1 fully saturated rings. The van der Waals surface area contributed by atoms with Crippen molar-refractivity contribution < 1.29 is 9.47 Å². The second kappa shape index (κ2) is 10.2. The highest BCUT2D eigenvalue weighted by Gasteiger charge is 2.24. The zero-order valence-electron chi connectivity index (χ0n) is 16.1. The van der Waals surface area contributed by atoms with E-state index in [2.05, 4.69) is 43.1 Å². The van der Waals surface area contributed by atoms with Crippen LogP contribution in [-0.4, -0.2) is 18.2 Å². The second-order valence-electron chi connectivity index (χ2n) is 7.20. The highest BCUT2D eigenvalue weighted by Crippen LogP contribution is 2.35. The molecule has 0 aliphatic carbocycles. The number of aromatic nitrogens is 1. The number of nitrogens with zero attached hydrogens (tertiary/aromatic N) is 1. The van der Waals surface area contributed by atoms with Gasteiger partial charge in [-0.25, -0.2) is 0 Å². The van der Waals surface area contributed by atoms with Crippen molar-refractivity contribution in [1.29, 1.82) is 0 Å². The largest absolute Gasteiger partial charge is 0.347 e. The van der Waals surface area contributed by atoms with Gasteiger partial charge in [0.05, 0.1) is 18.1 Å². The highest BCUT2D eigenvalue weighted by atomic mass is 32.1. The Morgan fingerprint density at radius 3 is 2.50 bits per heavy atom. The van der Waals surface area contributed by atoms with Gasteiger partial charge in [0.2, 0.25) is 0 Å². The number of thiophene rings is 1. The third-order valence-electron chi connectivity index (χ3n) is 4.94. The van der Waals surface area contributed by atoms with Crippen molar-refractivity contribution in [1.82, 2.24) is 4.98 Å². The summed E-state index contributed by atoms with van der Waals surface area (Å²) in [6.07, 6.45) is 10.3. The maximum atomic E-state index is 5.99. The van der Waals surface area contributed by atoms with Crippen LogP contribution in [0.3, 0.4) is 0 Å². The normalized spacial score (nSPS) is 20.4. The van der Waals surface area contributed by atoms with Gasteiger partial charge < -0.3 is 9.47 Å². The SMILES string of the molecule is CCCCC[C@H]1CO[C@H](c2ccc(-c3ccc(CCCC)nc3)s2)OC1. The number of rotatable bonds is 9. The maximum absolute atomic E-state index is 5.99. The lowest BCUT2D eigenvalue weighted by Crippen LogP contribution is -2.26. The van der Waals surface area contributed by atoms with E-state index in [4.69, 9.17) is 9.47 Å². The summed E-state index contributed by atoms with van der Waals surface area (Å²) in [7, 11) is 0. The molecule has 3 heterocycles. The van der Waals surface area contributed by atoms with E-state index in [1.165, 1.54) is 54.7 Å². The van der Waals surface area contributed by atoms with Gasteiger partial charge in [0.25, 0.3) is 0 Å². The maximum Gasteiger partial charge on any atom is 0.193 e. The van der Waals surface area contributed by atoms with Gasteiger partial charge in [-0.05, 0) is 37.5 Å². The Hall–Kier alpha value is -1.23. The van der Waals surface area contributed by atoms with Gasteiger partial charge >= 0.3 is 0 Å². The van der Waals surface area contributed by atoms with E-state index in [0.717, 1.165) is 24.5 Å². The summed E-state index contributed by atoms with van der Waals surface area (Å²) in [6, 6.07) is 8.62. The molecule has 4 heteroatoms. The van der Waals surface area contributed by atoms with Crippen LogP contribution in [0.4, 0.5) is 0 Å². The van der Waals surface area contributed by atoms with E-state index in [0.29, 0.717) is 5.92 Å². The van der Waals surface area contributed by atoms with Crippen molar-refractivity contribution in [2.75, 3.05) is 13.2 Å². The lowest BCUT2D eigenvalue weighted by molar-refractivity contribution is -0.204. The topological polar surface area (TPSA) is 31.4 Å². The van der Waals surface area contributed by atoms with Crippen molar-refractivity contribution in [3.8, 4) is 10.4 Å². The van der Waals surface area contributed by atoms with Crippen molar-refractivity contribution >= 4 is 11.3 Å². The van der Waals surface area contributed by atoms with Crippen LogP contribution >= 0.6 is 11.3 Å². The standard InChI is InChI=1S/C22H31NO2S/c1-3-5-7-8-17-15-24-22(25-16-17)21-13-12-20(26-21)18-10-11-19(23-14-18)9-6-4-2/h10-14,17,22H,3-9,15-16H2,1-2H3/t17-,22-. The van der Waals surface area contributed by atoms with Gasteiger partial charge in [0.1, 0.15) is 0 Å². The number of aryl methyl sites for hydroxylation is 1. The van der Waals surface area contributed by atoms with Gasteiger partial charge in [-0.15, -0.1) is 11.3 Å². The molecule has 0 saturated carbocycles. The van der Waals surface area contributed by atoms with Crippen LogP contribution in [0, 0.1) is 5.92 Å². The smallest absolute Gasteiger partial charge is 0.193 e. The summed E-state index contributed by atoms with van der Waals surface area (Å²) in [5, 5.41) is 0. The Kier molecular flexibility index (Phi) is 7.66. The van der Waals surface area contributed by atoms with E-state index in [1.54, 1.807) is 11.3 Å². The van der Waals surface area contributed by atoms with Crippen LogP contribution < -0.4 is 0 Å². The van der Waals surface area contributed by atoms with Crippen LogP contribution in [0.5, 0.6) is 0 Å². The average molecular weight is 374 g/mol. The molecular weight excluding hydrogens is 342 g/mol. The van der Waals surface area contributed by atoms with E-state index in [1.807, 2.05) is 6.20 Å². The van der Waals surface area contributed by atoms with Crippen LogP contribution in [0.2, 0.25) is 0 Å². The summed E-state index contributed by atoms with van der Waals surface area (Å²) in [6.45, 7) is 6.08. The minimum absolute atomic E-state index is 0.201. The first kappa shape index (κ1) is 19.5. The van der Waals surface area contributed by atoms with Crippen LogP contribution in [0.25, 0.3) is 10.4 Å². The molecule has 1 saturated heterocycles. The molecule has 0 aromatic carbocycles. The summed E-state index contributed by atoms with van der Waals surface area (Å²) in [5.41, 5.74) is 2.36. The van der Waals surface area contributed by atoms with E-state index >= 15 is 0 Å². The fraction of sp³-hybridized carbons (Fsp3) is 0.591. The number of unbranched alkanes of at least 4 members (excludes halogenated alkanes) is 3. The molecule has 0 atom stereocenters. The molecule has 0 unspecified atom stereocenters. The molecule has 1 aliphatic rings. The molecule has 3 nitrogen and oxygen atoms in total. The monoisotopic (exact) mass is 373 g/mol. The Labute approximate surface area is 161 Å². The molecule has 1 aliphatic heterocycles. The van der Waals surface area contributed by atoms with E-state index in [-0.39, 0.29) is 6.29 Å². The first-order valence-corrected chi connectivity index (χ1v) is 10.9. The first-order chi connectivity index (χ1) is 12.8. The quantitative estimate of drug-likeness (QED) is 0.477. The molecule has 142 valence electrons. The highest BCUT2D eigenvalue weighted by molar-refractivity contribution is 7.15. The molecule has 0 N–H and O–H groups in total. The second-order valence-corrected chi connectivity index (χ2v) is 8.32. The van der Waals surface area contributed by atoms with Gasteiger partial charge in [0.15, 0.2) is 6.29 Å². The molecule has 0 radical (unpaired) electrons. The lowest BCUT2D eigenvalue weighted by atomic mass is 10.0. The molecule has 2 aromatic heterocycles. The van der Waals surface area contributed by atoms with Crippen molar-refractivity contribution in [2.45, 2.75) is 65.1 Å². The molecule has 3 rings (SSSR count).